The van der Waals surface area contributed by atoms with Crippen LogP contribution < -0.4 is 15.4 Å². The van der Waals surface area contributed by atoms with Crippen molar-refractivity contribution in [1.82, 2.24) is 19.7 Å². The average molecular weight is 382 g/mol. The molecule has 0 bridgehead atoms. The van der Waals surface area contributed by atoms with Crippen molar-refractivity contribution in [2.24, 2.45) is 0 Å². The molecule has 2 aromatic heterocycles. The number of benzene rings is 1. The number of aromatic nitrogens is 3. The maximum atomic E-state index is 11.2. The SMILES string of the molecule is COc1ccc2c(N)nn(-c3ccnc(N4CCCN(C(=O)O)CC4)c3)c2c1. The van der Waals surface area contributed by atoms with Gasteiger partial charge in [0.05, 0.1) is 18.3 Å². The molecule has 1 amide bonds. The number of carbonyl (C=O) groups is 1. The van der Waals surface area contributed by atoms with Gasteiger partial charge in [0.15, 0.2) is 5.82 Å². The molecule has 3 aromatic rings. The third-order valence-electron chi connectivity index (χ3n) is 4.98. The number of nitrogens with zero attached hydrogens (tertiary/aromatic N) is 5. The smallest absolute Gasteiger partial charge is 0.407 e. The number of pyridine rings is 1. The second-order valence-electron chi connectivity index (χ2n) is 6.66. The fraction of sp³-hybridized carbons (Fsp3) is 0.316. The Hall–Kier alpha value is -3.49. The van der Waals surface area contributed by atoms with E-state index in [-0.39, 0.29) is 0 Å². The molecule has 1 saturated heterocycles. The number of nitrogens with two attached hydrogens (primary N) is 1. The first-order valence-corrected chi connectivity index (χ1v) is 9.08. The zero-order valence-corrected chi connectivity index (χ0v) is 15.6. The van der Waals surface area contributed by atoms with E-state index in [4.69, 9.17) is 10.5 Å². The van der Waals surface area contributed by atoms with Gasteiger partial charge >= 0.3 is 6.09 Å². The Labute approximate surface area is 161 Å². The van der Waals surface area contributed by atoms with Crippen LogP contribution in [0, 0.1) is 0 Å². The summed E-state index contributed by atoms with van der Waals surface area (Å²) in [5.74, 6) is 1.96. The predicted octanol–water partition coefficient (Wildman–Crippen LogP) is 2.20. The number of anilines is 2. The van der Waals surface area contributed by atoms with Gasteiger partial charge in [-0.15, -0.1) is 5.10 Å². The van der Waals surface area contributed by atoms with Gasteiger partial charge in [0.25, 0.3) is 0 Å². The molecule has 1 aromatic carbocycles. The molecule has 1 aliphatic rings. The Morgan fingerprint density at radius 1 is 1.18 bits per heavy atom. The van der Waals surface area contributed by atoms with Crippen molar-refractivity contribution in [1.29, 1.82) is 0 Å². The molecule has 1 aliphatic heterocycles. The summed E-state index contributed by atoms with van der Waals surface area (Å²) >= 11 is 0. The van der Waals surface area contributed by atoms with E-state index in [1.54, 1.807) is 18.0 Å². The van der Waals surface area contributed by atoms with Crippen molar-refractivity contribution in [2.75, 3.05) is 43.9 Å². The van der Waals surface area contributed by atoms with E-state index in [0.29, 0.717) is 25.5 Å². The Balaban J connectivity index is 1.68. The number of methoxy groups -OCH3 is 1. The number of ether oxygens (including phenoxy) is 1. The third-order valence-corrected chi connectivity index (χ3v) is 4.98. The summed E-state index contributed by atoms with van der Waals surface area (Å²) in [4.78, 5) is 19.3. The Bertz CT molecular complexity index is 1020. The van der Waals surface area contributed by atoms with Crippen LogP contribution in [0.25, 0.3) is 16.6 Å². The van der Waals surface area contributed by atoms with E-state index < -0.39 is 6.09 Å². The molecular weight excluding hydrogens is 360 g/mol. The van der Waals surface area contributed by atoms with Gasteiger partial charge in [-0.05, 0) is 24.6 Å². The predicted molar refractivity (Wildman–Crippen MR) is 106 cm³/mol. The summed E-state index contributed by atoms with van der Waals surface area (Å²) in [5.41, 5.74) is 7.77. The van der Waals surface area contributed by atoms with Crippen LogP contribution in [0.1, 0.15) is 6.42 Å². The van der Waals surface area contributed by atoms with Gasteiger partial charge in [0, 0.05) is 49.9 Å². The van der Waals surface area contributed by atoms with Crippen molar-refractivity contribution in [3.05, 3.63) is 36.5 Å². The van der Waals surface area contributed by atoms with Crippen LogP contribution in [0.5, 0.6) is 5.75 Å². The minimum atomic E-state index is -0.879. The zero-order valence-electron chi connectivity index (χ0n) is 15.6. The first kappa shape index (κ1) is 17.9. The lowest BCUT2D eigenvalue weighted by molar-refractivity contribution is 0.148. The van der Waals surface area contributed by atoms with Crippen molar-refractivity contribution in [2.45, 2.75) is 6.42 Å². The molecule has 0 aliphatic carbocycles. The Kier molecular flexibility index (Phi) is 4.64. The summed E-state index contributed by atoms with van der Waals surface area (Å²) in [6.07, 6.45) is 1.61. The first-order chi connectivity index (χ1) is 13.6. The topological polar surface area (TPSA) is 110 Å². The molecule has 9 heteroatoms. The molecule has 0 atom stereocenters. The molecule has 0 unspecified atom stereocenters. The van der Waals surface area contributed by atoms with Gasteiger partial charge in [-0.2, -0.15) is 0 Å². The van der Waals surface area contributed by atoms with Crippen LogP contribution in [0.4, 0.5) is 16.4 Å². The molecule has 4 rings (SSSR count). The molecule has 3 heterocycles. The third kappa shape index (κ3) is 3.26. The lowest BCUT2D eigenvalue weighted by Gasteiger charge is -2.22. The number of amides is 1. The van der Waals surface area contributed by atoms with Gasteiger partial charge in [-0.25, -0.2) is 14.5 Å². The van der Waals surface area contributed by atoms with Crippen molar-refractivity contribution in [3.8, 4) is 11.4 Å². The lowest BCUT2D eigenvalue weighted by atomic mass is 10.2. The maximum Gasteiger partial charge on any atom is 0.407 e. The Morgan fingerprint density at radius 2 is 2.04 bits per heavy atom. The van der Waals surface area contributed by atoms with Crippen LogP contribution in [0.15, 0.2) is 36.5 Å². The van der Waals surface area contributed by atoms with Gasteiger partial charge in [-0.1, -0.05) is 0 Å². The summed E-state index contributed by atoms with van der Waals surface area (Å²) in [7, 11) is 1.62. The molecule has 146 valence electrons. The Morgan fingerprint density at radius 3 is 2.82 bits per heavy atom. The zero-order chi connectivity index (χ0) is 19.7. The number of hydrogen-bond donors (Lipinski definition) is 2. The number of fused-ring (bicyclic) bond motifs is 1. The fourth-order valence-electron chi connectivity index (χ4n) is 3.49. The molecule has 3 N–H and O–H groups in total. The fourth-order valence-corrected chi connectivity index (χ4v) is 3.49. The van der Waals surface area contributed by atoms with Crippen LogP contribution in [-0.4, -0.2) is 64.2 Å². The van der Waals surface area contributed by atoms with Crippen molar-refractivity contribution in [3.63, 3.8) is 0 Å². The van der Waals surface area contributed by atoms with Crippen LogP contribution in [0.3, 0.4) is 0 Å². The lowest BCUT2D eigenvalue weighted by Crippen LogP contribution is -2.34. The number of nitrogen functional groups attached to an aromatic ring is 1. The van der Waals surface area contributed by atoms with E-state index in [1.165, 1.54) is 4.90 Å². The van der Waals surface area contributed by atoms with Crippen molar-refractivity contribution < 1.29 is 14.6 Å². The van der Waals surface area contributed by atoms with E-state index in [1.807, 2.05) is 30.3 Å². The van der Waals surface area contributed by atoms with Gasteiger partial charge < -0.3 is 25.4 Å². The van der Waals surface area contributed by atoms with Gasteiger partial charge in [-0.3, -0.25) is 0 Å². The highest BCUT2D eigenvalue weighted by molar-refractivity contribution is 5.91. The average Bonchev–Trinajstić information content (AvgIpc) is 2.88. The van der Waals surface area contributed by atoms with Crippen LogP contribution in [0.2, 0.25) is 0 Å². The van der Waals surface area contributed by atoms with E-state index in [0.717, 1.165) is 41.1 Å². The van der Waals surface area contributed by atoms with Crippen LogP contribution >= 0.6 is 0 Å². The molecule has 0 radical (unpaired) electrons. The van der Waals surface area contributed by atoms with E-state index >= 15 is 0 Å². The molecule has 28 heavy (non-hydrogen) atoms. The van der Waals surface area contributed by atoms with Gasteiger partial charge in [0.1, 0.15) is 11.6 Å². The minimum Gasteiger partial charge on any atom is -0.497 e. The summed E-state index contributed by atoms with van der Waals surface area (Å²) < 4.78 is 7.11. The second kappa shape index (κ2) is 7.26. The number of hydrogen-bond acceptors (Lipinski definition) is 6. The quantitative estimate of drug-likeness (QED) is 0.714. The van der Waals surface area contributed by atoms with Gasteiger partial charge in [0.2, 0.25) is 0 Å². The highest BCUT2D eigenvalue weighted by Gasteiger charge is 2.20. The van der Waals surface area contributed by atoms with E-state index in [2.05, 4.69) is 15.0 Å². The first-order valence-electron chi connectivity index (χ1n) is 9.08. The monoisotopic (exact) mass is 382 g/mol. The summed E-state index contributed by atoms with van der Waals surface area (Å²) in [6.45, 7) is 2.33. The molecular formula is C19H22N6O3. The largest absolute Gasteiger partial charge is 0.497 e. The summed E-state index contributed by atoms with van der Waals surface area (Å²) in [5, 5.41) is 14.6. The molecule has 0 saturated carbocycles. The number of carboxylic acid groups (broad SMARTS) is 1. The maximum absolute atomic E-state index is 11.2. The highest BCUT2D eigenvalue weighted by Crippen LogP contribution is 2.28. The molecule has 1 fully saturated rings. The normalized spacial score (nSPS) is 14.9. The second-order valence-corrected chi connectivity index (χ2v) is 6.66. The standard InChI is InChI=1S/C19H22N6O3/c1-28-14-3-4-15-16(12-14)25(22-18(15)20)13-5-6-21-17(11-13)23-7-2-8-24(10-9-23)19(26)27/h3-6,11-12H,2,7-10H2,1H3,(H2,20,22)(H,26,27). The van der Waals surface area contributed by atoms with Crippen LogP contribution in [-0.2, 0) is 0 Å². The van der Waals surface area contributed by atoms with E-state index in [9.17, 15) is 9.90 Å². The highest BCUT2D eigenvalue weighted by atomic mass is 16.5. The summed E-state index contributed by atoms with van der Waals surface area (Å²) in [6, 6.07) is 9.46. The number of rotatable bonds is 3. The molecule has 0 spiro atoms. The molecule has 9 nitrogen and oxygen atoms in total. The minimum absolute atomic E-state index is 0.447. The van der Waals surface area contributed by atoms with Crippen molar-refractivity contribution >= 4 is 28.6 Å².